The van der Waals surface area contributed by atoms with Crippen molar-refractivity contribution < 1.29 is 10.2 Å². The normalized spacial score (nSPS) is 19.2. The Balaban J connectivity index is 2.38. The van der Waals surface area contributed by atoms with Gasteiger partial charge in [0.15, 0.2) is 0 Å². The minimum Gasteiger partial charge on any atom is -0.513 e. The van der Waals surface area contributed by atoms with Crippen LogP contribution in [0.4, 0.5) is 0 Å². The molecule has 5 nitrogen and oxygen atoms in total. The lowest BCUT2D eigenvalue weighted by molar-refractivity contribution is 0.0468. The molecule has 0 amide bonds. The van der Waals surface area contributed by atoms with Gasteiger partial charge >= 0.3 is 0 Å². The predicted octanol–water partition coefficient (Wildman–Crippen LogP) is -0.446. The molecule has 0 aromatic carbocycles. The summed E-state index contributed by atoms with van der Waals surface area (Å²) in [7, 11) is 0. The lowest BCUT2D eigenvalue weighted by atomic mass is 10.1. The highest BCUT2D eigenvalue weighted by Gasteiger charge is 2.24. The summed E-state index contributed by atoms with van der Waals surface area (Å²) in [4.78, 5) is 1.70. The van der Waals surface area contributed by atoms with E-state index in [-0.39, 0.29) is 17.6 Å². The quantitative estimate of drug-likeness (QED) is 0.202. The molecule has 0 aromatic heterocycles. The molecule has 0 radical (unpaired) electrons. The van der Waals surface area contributed by atoms with Crippen molar-refractivity contribution in [1.29, 1.82) is 5.41 Å². The molecule has 0 aromatic rings. The molecule has 1 heterocycles. The fraction of sp³-hybridized carbons (Fsp3) is 0.375. The maximum absolute atomic E-state index is 8.95. The number of allylic oxidation sites excluding steroid dienone is 1. The van der Waals surface area contributed by atoms with E-state index in [4.69, 9.17) is 21.4 Å². The Kier molecular flexibility index (Phi) is 2.92. The van der Waals surface area contributed by atoms with E-state index in [9.17, 15) is 0 Å². The number of nitrogens with zero attached hydrogens (tertiary/aromatic N) is 1. The van der Waals surface area contributed by atoms with Gasteiger partial charge in [-0.25, -0.2) is 0 Å². The number of rotatable bonds is 2. The number of hydrogen-bond donors (Lipinski definition) is 4. The van der Waals surface area contributed by atoms with Crippen LogP contribution in [-0.2, 0) is 0 Å². The number of aliphatic hydroxyl groups excluding tert-OH is 2. The van der Waals surface area contributed by atoms with E-state index >= 15 is 0 Å². The van der Waals surface area contributed by atoms with E-state index < -0.39 is 0 Å². The van der Waals surface area contributed by atoms with E-state index in [1.807, 2.05) is 0 Å². The summed E-state index contributed by atoms with van der Waals surface area (Å²) in [6.07, 6.45) is 3.37. The third-order valence-corrected chi connectivity index (χ3v) is 1.79. The zero-order valence-corrected chi connectivity index (χ0v) is 7.14. The van der Waals surface area contributed by atoms with Gasteiger partial charge in [0.2, 0.25) is 0 Å². The molecule has 0 spiro atoms. The highest BCUT2D eigenvalue weighted by Crippen LogP contribution is 2.07. The zero-order valence-electron chi connectivity index (χ0n) is 7.14. The Bertz CT molecular complexity index is 254. The van der Waals surface area contributed by atoms with Crippen molar-refractivity contribution in [2.75, 3.05) is 13.1 Å². The summed E-state index contributed by atoms with van der Waals surface area (Å²) < 4.78 is 0. The van der Waals surface area contributed by atoms with Gasteiger partial charge in [-0.1, -0.05) is 0 Å². The van der Waals surface area contributed by atoms with Crippen LogP contribution in [0.1, 0.15) is 0 Å². The van der Waals surface area contributed by atoms with E-state index in [0.717, 1.165) is 6.26 Å². The first-order chi connectivity index (χ1) is 6.13. The van der Waals surface area contributed by atoms with Crippen LogP contribution in [0.25, 0.3) is 0 Å². The molecule has 0 unspecified atom stereocenters. The third kappa shape index (κ3) is 2.48. The number of aliphatic hydroxyl groups is 2. The molecule has 0 aliphatic carbocycles. The maximum atomic E-state index is 8.95. The topological polar surface area (TPSA) is 93.6 Å². The Morgan fingerprint density at radius 2 is 2.08 bits per heavy atom. The lowest BCUT2D eigenvalue weighted by Gasteiger charge is -2.36. The predicted molar refractivity (Wildman–Crippen MR) is 49.3 cm³/mol. The van der Waals surface area contributed by atoms with Crippen LogP contribution in [-0.4, -0.2) is 40.1 Å². The largest absolute Gasteiger partial charge is 0.513 e. The van der Waals surface area contributed by atoms with Gasteiger partial charge in [-0.05, 0) is 12.2 Å². The Morgan fingerprint density at radius 1 is 1.46 bits per heavy atom. The van der Waals surface area contributed by atoms with Crippen LogP contribution in [0.2, 0.25) is 0 Å². The Labute approximate surface area is 76.3 Å². The average Bonchev–Trinajstić information content (AvgIpc) is 2.08. The minimum atomic E-state index is -0.320. The molecule has 13 heavy (non-hydrogen) atoms. The van der Waals surface area contributed by atoms with Gasteiger partial charge in [-0.2, -0.15) is 0 Å². The number of hydrogen-bond acceptors (Lipinski definition) is 4. The lowest BCUT2D eigenvalue weighted by Crippen LogP contribution is -2.52. The number of nitrogens with one attached hydrogen (secondary N) is 1. The van der Waals surface area contributed by atoms with Crippen LogP contribution < -0.4 is 5.73 Å². The van der Waals surface area contributed by atoms with Crippen molar-refractivity contribution >= 4 is 5.84 Å². The molecule has 0 saturated carbocycles. The van der Waals surface area contributed by atoms with Crippen LogP contribution >= 0.6 is 0 Å². The van der Waals surface area contributed by atoms with Crippen molar-refractivity contribution in [3.63, 3.8) is 0 Å². The summed E-state index contributed by atoms with van der Waals surface area (Å²) in [5.74, 6) is 0.287. The van der Waals surface area contributed by atoms with Crippen LogP contribution in [0.3, 0.4) is 0 Å². The Morgan fingerprint density at radius 3 is 2.54 bits per heavy atom. The first kappa shape index (κ1) is 9.60. The van der Waals surface area contributed by atoms with Gasteiger partial charge < -0.3 is 20.8 Å². The average molecular weight is 183 g/mol. The summed E-state index contributed by atoms with van der Waals surface area (Å²) >= 11 is 0. The van der Waals surface area contributed by atoms with Gasteiger partial charge in [-0.15, -0.1) is 0 Å². The van der Waals surface area contributed by atoms with Gasteiger partial charge in [0.1, 0.15) is 12.1 Å². The molecule has 5 heteroatoms. The van der Waals surface area contributed by atoms with Crippen molar-refractivity contribution in [2.45, 2.75) is 6.10 Å². The van der Waals surface area contributed by atoms with Gasteiger partial charge in [-0.3, -0.25) is 5.41 Å². The monoisotopic (exact) mass is 183 g/mol. The third-order valence-electron chi connectivity index (χ3n) is 1.79. The first-order valence-electron chi connectivity index (χ1n) is 3.93. The van der Waals surface area contributed by atoms with Crippen molar-refractivity contribution in [2.24, 2.45) is 5.73 Å². The molecular weight excluding hydrogens is 170 g/mol. The van der Waals surface area contributed by atoms with Crippen molar-refractivity contribution in [3.8, 4) is 0 Å². The molecule has 1 rings (SSSR count). The van der Waals surface area contributed by atoms with Gasteiger partial charge in [0.25, 0.3) is 0 Å². The van der Waals surface area contributed by atoms with E-state index in [2.05, 4.69) is 0 Å². The van der Waals surface area contributed by atoms with Gasteiger partial charge in [0, 0.05) is 13.1 Å². The molecule has 0 bridgehead atoms. The fourth-order valence-corrected chi connectivity index (χ4v) is 0.976. The number of nitrogens with two attached hydrogens (primary N) is 1. The highest BCUT2D eigenvalue weighted by molar-refractivity contribution is 5.91. The van der Waals surface area contributed by atoms with E-state index in [1.54, 1.807) is 4.90 Å². The van der Waals surface area contributed by atoms with Crippen LogP contribution in [0.5, 0.6) is 0 Å². The molecule has 1 aliphatic rings. The van der Waals surface area contributed by atoms with Gasteiger partial charge in [0.05, 0.1) is 11.8 Å². The number of amidine groups is 1. The molecule has 0 atom stereocenters. The molecular formula is C8H13N3O2. The summed E-state index contributed by atoms with van der Waals surface area (Å²) in [6.45, 7) is 0.984. The standard InChI is InChI=1S/C8H13N3O2/c9-6(5-12)1-2-8(10)11-3-7(13)4-11/h1-2,5,7,10,12-13H,3-4,9H2/b2-1-,6-5+,10-8?. The molecule has 1 aliphatic heterocycles. The summed E-state index contributed by atoms with van der Waals surface area (Å²) in [5.41, 5.74) is 5.47. The minimum absolute atomic E-state index is 0.200. The number of β-amino-alcohol motifs (C(OH)–C–C–N with tert-alkyl or cyclic N) is 1. The highest BCUT2D eigenvalue weighted by atomic mass is 16.3. The smallest absolute Gasteiger partial charge is 0.120 e. The van der Waals surface area contributed by atoms with E-state index in [1.165, 1.54) is 12.2 Å². The molecule has 1 fully saturated rings. The summed E-state index contributed by atoms with van der Waals surface area (Å²) in [6, 6.07) is 0. The summed E-state index contributed by atoms with van der Waals surface area (Å²) in [5, 5.41) is 24.9. The fourth-order valence-electron chi connectivity index (χ4n) is 0.976. The second-order valence-corrected chi connectivity index (χ2v) is 2.91. The molecule has 1 saturated heterocycles. The second kappa shape index (κ2) is 3.95. The zero-order chi connectivity index (χ0) is 9.84. The first-order valence-corrected chi connectivity index (χ1v) is 3.93. The SMILES string of the molecule is N=C(/C=C\C(N)=C/O)N1CC(O)C1. The van der Waals surface area contributed by atoms with Crippen LogP contribution in [0, 0.1) is 5.41 Å². The molecule has 72 valence electrons. The van der Waals surface area contributed by atoms with Crippen molar-refractivity contribution in [1.82, 2.24) is 4.90 Å². The van der Waals surface area contributed by atoms with E-state index in [0.29, 0.717) is 13.1 Å². The number of likely N-dealkylation sites (tertiary alicyclic amines) is 1. The molecule has 5 N–H and O–H groups in total. The Hall–Kier alpha value is -1.49. The van der Waals surface area contributed by atoms with Crippen LogP contribution in [0.15, 0.2) is 24.1 Å². The maximum Gasteiger partial charge on any atom is 0.120 e. The second-order valence-electron chi connectivity index (χ2n) is 2.91. The van der Waals surface area contributed by atoms with Crippen molar-refractivity contribution in [3.05, 3.63) is 24.1 Å².